The highest BCUT2D eigenvalue weighted by Crippen LogP contribution is 2.30. The molecule has 7 heteroatoms. The van der Waals surface area contributed by atoms with Gasteiger partial charge in [-0.15, -0.1) is 0 Å². The molecule has 20 heavy (non-hydrogen) atoms. The zero-order valence-electron chi connectivity index (χ0n) is 10.7. The van der Waals surface area contributed by atoms with E-state index < -0.39 is 23.9 Å². The van der Waals surface area contributed by atoms with E-state index in [2.05, 4.69) is 5.32 Å². The number of piperidine rings is 1. The van der Waals surface area contributed by atoms with Crippen molar-refractivity contribution in [3.8, 4) is 0 Å². The molecule has 2 rings (SSSR count). The van der Waals surface area contributed by atoms with Gasteiger partial charge in [0, 0.05) is 18.8 Å². The predicted octanol–water partition coefficient (Wildman–Crippen LogP) is 2.69. The topological polar surface area (TPSA) is 52.6 Å². The van der Waals surface area contributed by atoms with Crippen LogP contribution in [0, 0.1) is 0 Å². The molecular formula is C13H15F3N2O2. The maximum absolute atomic E-state index is 12.6. The molecule has 1 aromatic carbocycles. The van der Waals surface area contributed by atoms with E-state index in [0.29, 0.717) is 25.9 Å². The molecule has 0 radical (unpaired) electrons. The second-order valence-electron chi connectivity index (χ2n) is 4.73. The highest BCUT2D eigenvalue weighted by molar-refractivity contribution is 5.89. The third-order valence-electron chi connectivity index (χ3n) is 3.19. The molecule has 110 valence electrons. The number of carbonyl (C=O) groups is 1. The molecule has 2 N–H and O–H groups in total. The minimum atomic E-state index is -4.43. The second-order valence-corrected chi connectivity index (χ2v) is 4.73. The number of benzene rings is 1. The zero-order valence-corrected chi connectivity index (χ0v) is 10.7. The zero-order chi connectivity index (χ0) is 14.8. The van der Waals surface area contributed by atoms with Gasteiger partial charge in [-0.25, -0.2) is 4.79 Å². The monoisotopic (exact) mass is 288 g/mol. The standard InChI is InChI=1S/C13H15F3N2O2/c14-13(15,16)9-2-1-3-10(8-9)17-12(20)18-6-4-11(19)5-7-18/h1-3,8,11,19H,4-7H2,(H,17,20). The van der Waals surface area contributed by atoms with Gasteiger partial charge in [0.2, 0.25) is 0 Å². The van der Waals surface area contributed by atoms with Crippen LogP contribution in [0.4, 0.5) is 23.7 Å². The van der Waals surface area contributed by atoms with Gasteiger partial charge < -0.3 is 15.3 Å². The van der Waals surface area contributed by atoms with Crippen LogP contribution in [0.5, 0.6) is 0 Å². The Hall–Kier alpha value is -1.76. The van der Waals surface area contributed by atoms with Gasteiger partial charge in [-0.1, -0.05) is 6.07 Å². The van der Waals surface area contributed by atoms with E-state index in [0.717, 1.165) is 12.1 Å². The molecule has 1 aliphatic rings. The number of urea groups is 1. The number of halogens is 3. The Bertz CT molecular complexity index is 483. The second kappa shape index (κ2) is 5.70. The summed E-state index contributed by atoms with van der Waals surface area (Å²) < 4.78 is 37.7. The van der Waals surface area contributed by atoms with E-state index in [1.807, 2.05) is 0 Å². The van der Waals surface area contributed by atoms with Gasteiger partial charge in [-0.2, -0.15) is 13.2 Å². The molecule has 0 aliphatic carbocycles. The van der Waals surface area contributed by atoms with Crippen LogP contribution in [0.1, 0.15) is 18.4 Å². The van der Waals surface area contributed by atoms with Crippen LogP contribution in [-0.2, 0) is 6.18 Å². The smallest absolute Gasteiger partial charge is 0.393 e. The van der Waals surface area contributed by atoms with Crippen molar-refractivity contribution in [2.24, 2.45) is 0 Å². The maximum atomic E-state index is 12.6. The van der Waals surface area contributed by atoms with Crippen LogP contribution >= 0.6 is 0 Å². The number of amides is 2. The fourth-order valence-corrected chi connectivity index (χ4v) is 2.04. The molecule has 1 aromatic rings. The molecule has 1 aliphatic heterocycles. The minimum absolute atomic E-state index is 0.107. The molecule has 1 heterocycles. The van der Waals surface area contributed by atoms with Crippen molar-refractivity contribution in [3.63, 3.8) is 0 Å². The Morgan fingerprint density at radius 1 is 1.30 bits per heavy atom. The van der Waals surface area contributed by atoms with E-state index in [4.69, 9.17) is 0 Å². The summed E-state index contributed by atoms with van der Waals surface area (Å²) in [5.74, 6) is 0. The van der Waals surface area contributed by atoms with Crippen LogP contribution in [0.3, 0.4) is 0 Å². The quantitative estimate of drug-likeness (QED) is 0.834. The Morgan fingerprint density at radius 2 is 1.95 bits per heavy atom. The third kappa shape index (κ3) is 3.63. The average molecular weight is 288 g/mol. The summed E-state index contributed by atoms with van der Waals surface area (Å²) in [6, 6.07) is 4.06. The van der Waals surface area contributed by atoms with Gasteiger partial charge in [0.1, 0.15) is 0 Å². The molecule has 0 atom stereocenters. The number of likely N-dealkylation sites (tertiary alicyclic amines) is 1. The lowest BCUT2D eigenvalue weighted by molar-refractivity contribution is -0.137. The van der Waals surface area contributed by atoms with Crippen molar-refractivity contribution in [1.82, 2.24) is 4.90 Å². The molecular weight excluding hydrogens is 273 g/mol. The Morgan fingerprint density at radius 3 is 2.55 bits per heavy atom. The summed E-state index contributed by atoms with van der Waals surface area (Å²) in [7, 11) is 0. The molecule has 4 nitrogen and oxygen atoms in total. The first-order chi connectivity index (χ1) is 9.36. The number of nitrogens with one attached hydrogen (secondary N) is 1. The van der Waals surface area contributed by atoms with Gasteiger partial charge in [-0.3, -0.25) is 0 Å². The summed E-state index contributed by atoms with van der Waals surface area (Å²) >= 11 is 0. The van der Waals surface area contributed by atoms with Crippen LogP contribution in [0.15, 0.2) is 24.3 Å². The highest BCUT2D eigenvalue weighted by atomic mass is 19.4. The summed E-state index contributed by atoms with van der Waals surface area (Å²) in [4.78, 5) is 13.4. The number of anilines is 1. The fraction of sp³-hybridized carbons (Fsp3) is 0.462. The normalized spacial score (nSPS) is 17.1. The van der Waals surface area contributed by atoms with E-state index in [1.165, 1.54) is 17.0 Å². The Balaban J connectivity index is 2.01. The number of alkyl halides is 3. The first-order valence-electron chi connectivity index (χ1n) is 6.27. The van der Waals surface area contributed by atoms with Crippen LogP contribution in [0.2, 0.25) is 0 Å². The number of nitrogens with zero attached hydrogens (tertiary/aromatic N) is 1. The van der Waals surface area contributed by atoms with E-state index in [9.17, 15) is 23.1 Å². The molecule has 0 aromatic heterocycles. The number of hydrogen-bond acceptors (Lipinski definition) is 2. The molecule has 2 amide bonds. The lowest BCUT2D eigenvalue weighted by Crippen LogP contribution is -2.42. The molecule has 0 saturated carbocycles. The highest BCUT2D eigenvalue weighted by Gasteiger charge is 2.30. The van der Waals surface area contributed by atoms with E-state index in [1.54, 1.807) is 0 Å². The lowest BCUT2D eigenvalue weighted by atomic mass is 10.1. The van der Waals surface area contributed by atoms with E-state index >= 15 is 0 Å². The Labute approximate surface area is 114 Å². The number of rotatable bonds is 1. The van der Waals surface area contributed by atoms with E-state index in [-0.39, 0.29) is 5.69 Å². The van der Waals surface area contributed by atoms with Gasteiger partial charge in [0.05, 0.1) is 11.7 Å². The van der Waals surface area contributed by atoms with Crippen LogP contribution in [-0.4, -0.2) is 35.2 Å². The Kier molecular flexibility index (Phi) is 4.17. The minimum Gasteiger partial charge on any atom is -0.393 e. The van der Waals surface area contributed by atoms with Gasteiger partial charge in [0.15, 0.2) is 0 Å². The van der Waals surface area contributed by atoms with Gasteiger partial charge in [0.25, 0.3) is 0 Å². The van der Waals surface area contributed by atoms with Gasteiger partial charge >= 0.3 is 12.2 Å². The number of hydrogen-bond donors (Lipinski definition) is 2. The summed E-state index contributed by atoms with van der Waals surface area (Å²) in [5.41, 5.74) is -0.694. The molecule has 1 saturated heterocycles. The fourth-order valence-electron chi connectivity index (χ4n) is 2.04. The lowest BCUT2D eigenvalue weighted by Gasteiger charge is -2.29. The van der Waals surface area contributed by atoms with Gasteiger partial charge in [-0.05, 0) is 31.0 Å². The molecule has 0 unspecified atom stereocenters. The molecule has 0 spiro atoms. The molecule has 1 fully saturated rings. The van der Waals surface area contributed by atoms with Crippen LogP contribution in [0.25, 0.3) is 0 Å². The molecule has 0 bridgehead atoms. The van der Waals surface area contributed by atoms with Crippen LogP contribution < -0.4 is 5.32 Å². The maximum Gasteiger partial charge on any atom is 0.416 e. The predicted molar refractivity (Wildman–Crippen MR) is 67.3 cm³/mol. The summed E-state index contributed by atoms with van der Waals surface area (Å²) in [6.45, 7) is 0.790. The number of aliphatic hydroxyl groups excluding tert-OH is 1. The summed E-state index contributed by atoms with van der Waals surface area (Å²) in [5, 5.41) is 11.8. The van der Waals surface area contributed by atoms with Crippen molar-refractivity contribution in [1.29, 1.82) is 0 Å². The first kappa shape index (κ1) is 14.6. The number of carbonyl (C=O) groups excluding carboxylic acids is 1. The number of aliphatic hydroxyl groups is 1. The first-order valence-corrected chi connectivity index (χ1v) is 6.27. The van der Waals surface area contributed by atoms with Crippen molar-refractivity contribution in [3.05, 3.63) is 29.8 Å². The van der Waals surface area contributed by atoms with Crippen molar-refractivity contribution in [2.45, 2.75) is 25.1 Å². The SMILES string of the molecule is O=C(Nc1cccc(C(F)(F)F)c1)N1CCC(O)CC1. The average Bonchev–Trinajstić information content (AvgIpc) is 2.38. The van der Waals surface area contributed by atoms with Crippen molar-refractivity contribution in [2.75, 3.05) is 18.4 Å². The summed E-state index contributed by atoms with van der Waals surface area (Å²) in [6.07, 6.45) is -3.88. The largest absolute Gasteiger partial charge is 0.416 e. The van der Waals surface area contributed by atoms with Crippen molar-refractivity contribution >= 4 is 11.7 Å². The third-order valence-corrected chi connectivity index (χ3v) is 3.19. The van der Waals surface area contributed by atoms with Crippen molar-refractivity contribution < 1.29 is 23.1 Å².